The largest absolute Gasteiger partial charge is 0.323 e. The smallest absolute Gasteiger partial charge is 0.276 e. The standard InChI is InChI=1S/C13H13FN4O/c1-18(11-4-2-3-9(14)7-11)13(19)12-6-5-10(17-15)8-16-12/h2-8,17H,15H2,1H3. The van der Waals surface area contributed by atoms with Gasteiger partial charge in [0.2, 0.25) is 0 Å². The van der Waals surface area contributed by atoms with Gasteiger partial charge in [0.15, 0.2) is 0 Å². The lowest BCUT2D eigenvalue weighted by atomic mass is 10.2. The number of anilines is 2. The molecule has 0 aliphatic carbocycles. The van der Waals surface area contributed by atoms with E-state index in [1.807, 2.05) is 0 Å². The molecule has 1 amide bonds. The summed E-state index contributed by atoms with van der Waals surface area (Å²) in [6, 6.07) is 8.99. The summed E-state index contributed by atoms with van der Waals surface area (Å²) in [5.41, 5.74) is 3.75. The molecule has 0 aliphatic heterocycles. The number of amides is 1. The fourth-order valence-electron chi connectivity index (χ4n) is 1.58. The van der Waals surface area contributed by atoms with Crippen LogP contribution in [0.4, 0.5) is 15.8 Å². The van der Waals surface area contributed by atoms with Crippen molar-refractivity contribution in [3.63, 3.8) is 0 Å². The number of benzene rings is 1. The first-order valence-corrected chi connectivity index (χ1v) is 5.58. The third-order valence-corrected chi connectivity index (χ3v) is 2.65. The highest BCUT2D eigenvalue weighted by Crippen LogP contribution is 2.16. The van der Waals surface area contributed by atoms with Crippen LogP contribution in [-0.2, 0) is 0 Å². The Morgan fingerprint density at radius 2 is 2.16 bits per heavy atom. The first-order valence-electron chi connectivity index (χ1n) is 5.58. The summed E-state index contributed by atoms with van der Waals surface area (Å²) in [5, 5.41) is 0. The quantitative estimate of drug-likeness (QED) is 0.652. The Balaban J connectivity index is 2.23. The summed E-state index contributed by atoms with van der Waals surface area (Å²) in [7, 11) is 1.56. The topological polar surface area (TPSA) is 71.2 Å². The van der Waals surface area contributed by atoms with Gasteiger partial charge in [-0.2, -0.15) is 0 Å². The third-order valence-electron chi connectivity index (χ3n) is 2.65. The zero-order valence-corrected chi connectivity index (χ0v) is 10.3. The second-order valence-electron chi connectivity index (χ2n) is 3.92. The molecule has 0 aliphatic rings. The minimum absolute atomic E-state index is 0.255. The van der Waals surface area contributed by atoms with Crippen LogP contribution in [0.1, 0.15) is 10.5 Å². The molecule has 1 heterocycles. The molecule has 2 aromatic rings. The van der Waals surface area contributed by atoms with Crippen molar-refractivity contribution in [1.82, 2.24) is 4.98 Å². The van der Waals surface area contributed by atoms with E-state index in [4.69, 9.17) is 5.84 Å². The Labute approximate surface area is 109 Å². The summed E-state index contributed by atoms with van der Waals surface area (Å²) < 4.78 is 13.1. The molecule has 5 nitrogen and oxygen atoms in total. The van der Waals surface area contributed by atoms with Crippen LogP contribution >= 0.6 is 0 Å². The average molecular weight is 260 g/mol. The van der Waals surface area contributed by atoms with E-state index in [0.717, 1.165) is 0 Å². The Morgan fingerprint density at radius 3 is 2.74 bits per heavy atom. The van der Waals surface area contributed by atoms with Crippen LogP contribution in [0.2, 0.25) is 0 Å². The van der Waals surface area contributed by atoms with Crippen LogP contribution in [0.5, 0.6) is 0 Å². The van der Waals surface area contributed by atoms with E-state index in [1.165, 1.54) is 23.2 Å². The zero-order valence-electron chi connectivity index (χ0n) is 10.3. The average Bonchev–Trinajstić information content (AvgIpc) is 2.46. The number of carbonyl (C=O) groups excluding carboxylic acids is 1. The molecule has 0 spiro atoms. The van der Waals surface area contributed by atoms with E-state index in [9.17, 15) is 9.18 Å². The number of nitrogen functional groups attached to an aromatic ring is 1. The van der Waals surface area contributed by atoms with Crippen molar-refractivity contribution in [3.8, 4) is 0 Å². The predicted molar refractivity (Wildman–Crippen MR) is 71.2 cm³/mol. The molecule has 0 unspecified atom stereocenters. The summed E-state index contributed by atoms with van der Waals surface area (Å²) in [6.07, 6.45) is 1.45. The fraction of sp³-hybridized carbons (Fsp3) is 0.0769. The van der Waals surface area contributed by atoms with Gasteiger partial charge >= 0.3 is 0 Å². The molecular weight excluding hydrogens is 247 g/mol. The molecule has 98 valence electrons. The summed E-state index contributed by atoms with van der Waals surface area (Å²) in [5.74, 6) is 4.50. The van der Waals surface area contributed by atoms with Crippen LogP contribution in [0.25, 0.3) is 0 Å². The van der Waals surface area contributed by atoms with Crippen molar-refractivity contribution in [3.05, 3.63) is 54.1 Å². The van der Waals surface area contributed by atoms with Crippen LogP contribution in [0, 0.1) is 5.82 Å². The van der Waals surface area contributed by atoms with E-state index >= 15 is 0 Å². The molecule has 19 heavy (non-hydrogen) atoms. The molecule has 1 aromatic carbocycles. The van der Waals surface area contributed by atoms with Gasteiger partial charge in [0.05, 0.1) is 11.9 Å². The van der Waals surface area contributed by atoms with E-state index in [0.29, 0.717) is 11.4 Å². The number of rotatable bonds is 3. The summed E-state index contributed by atoms with van der Waals surface area (Å²) >= 11 is 0. The first-order chi connectivity index (χ1) is 9.11. The lowest BCUT2D eigenvalue weighted by molar-refractivity contribution is 0.0988. The van der Waals surface area contributed by atoms with Crippen molar-refractivity contribution < 1.29 is 9.18 Å². The minimum atomic E-state index is -0.396. The highest BCUT2D eigenvalue weighted by molar-refractivity contribution is 6.04. The number of hydrogen-bond acceptors (Lipinski definition) is 4. The molecule has 0 fully saturated rings. The first kappa shape index (κ1) is 13.0. The van der Waals surface area contributed by atoms with E-state index in [-0.39, 0.29) is 11.6 Å². The SMILES string of the molecule is CN(C(=O)c1ccc(NN)cn1)c1cccc(F)c1. The number of carbonyl (C=O) groups is 1. The number of hydrogen-bond donors (Lipinski definition) is 2. The van der Waals surface area contributed by atoms with Gasteiger partial charge in [-0.1, -0.05) is 6.07 Å². The summed E-state index contributed by atoms with van der Waals surface area (Å²) in [4.78, 5) is 17.5. The molecule has 0 saturated carbocycles. The zero-order chi connectivity index (χ0) is 13.8. The Bertz CT molecular complexity index is 585. The van der Waals surface area contributed by atoms with Crippen molar-refractivity contribution in [1.29, 1.82) is 0 Å². The van der Waals surface area contributed by atoms with Gasteiger partial charge in [-0.05, 0) is 30.3 Å². The van der Waals surface area contributed by atoms with Crippen molar-refractivity contribution in [2.24, 2.45) is 5.84 Å². The van der Waals surface area contributed by atoms with Crippen LogP contribution in [0.3, 0.4) is 0 Å². The monoisotopic (exact) mass is 260 g/mol. The summed E-state index contributed by atoms with van der Waals surface area (Å²) in [6.45, 7) is 0. The molecule has 0 bridgehead atoms. The van der Waals surface area contributed by atoms with Crippen LogP contribution in [-0.4, -0.2) is 17.9 Å². The van der Waals surface area contributed by atoms with Crippen molar-refractivity contribution >= 4 is 17.3 Å². The number of nitrogens with one attached hydrogen (secondary N) is 1. The highest BCUT2D eigenvalue weighted by atomic mass is 19.1. The second-order valence-corrected chi connectivity index (χ2v) is 3.92. The van der Waals surface area contributed by atoms with Gasteiger partial charge in [0.1, 0.15) is 11.5 Å². The van der Waals surface area contributed by atoms with Gasteiger partial charge in [-0.15, -0.1) is 0 Å². The van der Waals surface area contributed by atoms with Gasteiger partial charge < -0.3 is 10.3 Å². The highest BCUT2D eigenvalue weighted by Gasteiger charge is 2.15. The lowest BCUT2D eigenvalue weighted by Crippen LogP contribution is -2.27. The molecule has 6 heteroatoms. The number of nitrogens with two attached hydrogens (primary N) is 1. The molecule has 3 N–H and O–H groups in total. The Kier molecular flexibility index (Phi) is 3.72. The van der Waals surface area contributed by atoms with Gasteiger partial charge in [0.25, 0.3) is 5.91 Å². The number of hydrazine groups is 1. The van der Waals surface area contributed by atoms with Gasteiger partial charge in [-0.25, -0.2) is 9.37 Å². The number of nitrogens with zero attached hydrogens (tertiary/aromatic N) is 2. The van der Waals surface area contributed by atoms with Gasteiger partial charge in [-0.3, -0.25) is 10.6 Å². The lowest BCUT2D eigenvalue weighted by Gasteiger charge is -2.16. The molecule has 0 saturated heterocycles. The second kappa shape index (κ2) is 5.45. The number of halogens is 1. The fourth-order valence-corrected chi connectivity index (χ4v) is 1.58. The Hall–Kier alpha value is -2.47. The van der Waals surface area contributed by atoms with Gasteiger partial charge in [0, 0.05) is 12.7 Å². The maximum atomic E-state index is 13.1. The normalized spacial score (nSPS) is 10.1. The number of aromatic nitrogens is 1. The molecule has 2 rings (SSSR count). The van der Waals surface area contributed by atoms with Crippen molar-refractivity contribution in [2.45, 2.75) is 0 Å². The molecular formula is C13H13FN4O. The van der Waals surface area contributed by atoms with E-state index in [1.54, 1.807) is 31.3 Å². The third kappa shape index (κ3) is 2.86. The maximum absolute atomic E-state index is 13.1. The Morgan fingerprint density at radius 1 is 1.37 bits per heavy atom. The van der Waals surface area contributed by atoms with Crippen molar-refractivity contribution in [2.75, 3.05) is 17.4 Å². The van der Waals surface area contributed by atoms with Crippen LogP contribution < -0.4 is 16.2 Å². The minimum Gasteiger partial charge on any atom is -0.323 e. The van der Waals surface area contributed by atoms with E-state index in [2.05, 4.69) is 10.4 Å². The maximum Gasteiger partial charge on any atom is 0.276 e. The predicted octanol–water partition coefficient (Wildman–Crippen LogP) is 1.78. The van der Waals surface area contributed by atoms with Crippen LogP contribution in [0.15, 0.2) is 42.6 Å². The molecule has 1 aromatic heterocycles. The molecule has 0 atom stereocenters. The van der Waals surface area contributed by atoms with E-state index < -0.39 is 5.82 Å². The molecule has 0 radical (unpaired) electrons. The number of pyridine rings is 1.